The van der Waals surface area contributed by atoms with Crippen molar-refractivity contribution in [3.8, 4) is 0 Å². The second-order valence-corrected chi connectivity index (χ2v) is 30.2. The van der Waals surface area contributed by atoms with Crippen molar-refractivity contribution in [2.24, 2.45) is 11.8 Å². The van der Waals surface area contributed by atoms with Gasteiger partial charge in [-0.15, -0.1) is 0 Å². The van der Waals surface area contributed by atoms with Crippen molar-refractivity contribution in [1.82, 2.24) is 0 Å². The quantitative estimate of drug-likeness (QED) is 0.0222. The standard InChI is InChI=1S/C73H142O17P2/c1-7-9-11-13-15-38-45-51-57-72(77)89-68(61-83-70(75)55-49-43-35-14-12-10-8-2)63-87-91(79,80)85-59-67(74)60-86-92(81,82)88-64-69(62-84-71(76)56-50-44-39-33-29-26-22-24-28-32-37-42-48-54-66(5)6)90-73(78)58-52-46-40-34-30-25-21-19-17-16-18-20-23-27-31-36-41-47-53-65(3)4/h65-69,74H,7-64H2,1-6H3,(H,79,80)(H,81,82)/t67-,68+,69+/m0/s1. The minimum atomic E-state index is -4.95. The summed E-state index contributed by atoms with van der Waals surface area (Å²) in [5, 5.41) is 10.6. The normalized spacial score (nSPS) is 14.1. The fourth-order valence-corrected chi connectivity index (χ4v) is 12.7. The summed E-state index contributed by atoms with van der Waals surface area (Å²) in [5.74, 6) is -0.516. The Bertz CT molecular complexity index is 1790. The maximum atomic E-state index is 13.1. The zero-order chi connectivity index (χ0) is 67.9. The van der Waals surface area contributed by atoms with Gasteiger partial charge in [0.2, 0.25) is 0 Å². The van der Waals surface area contributed by atoms with E-state index in [1.54, 1.807) is 0 Å². The summed E-state index contributed by atoms with van der Waals surface area (Å²) in [6.07, 6.45) is 51.7. The molecule has 0 aliphatic carbocycles. The lowest BCUT2D eigenvalue weighted by atomic mass is 10.0. The van der Waals surface area contributed by atoms with E-state index in [0.717, 1.165) is 121 Å². The van der Waals surface area contributed by atoms with Gasteiger partial charge >= 0.3 is 39.5 Å². The number of aliphatic hydroxyl groups excluding tert-OH is 1. The van der Waals surface area contributed by atoms with Crippen LogP contribution in [0.4, 0.5) is 0 Å². The van der Waals surface area contributed by atoms with Crippen molar-refractivity contribution in [3.63, 3.8) is 0 Å². The number of rotatable bonds is 72. The minimum absolute atomic E-state index is 0.105. The summed E-state index contributed by atoms with van der Waals surface area (Å²) >= 11 is 0. The van der Waals surface area contributed by atoms with Crippen LogP contribution in [0.1, 0.15) is 375 Å². The number of unbranched alkanes of at least 4 members (excludes halogenated alkanes) is 42. The van der Waals surface area contributed by atoms with Crippen molar-refractivity contribution in [3.05, 3.63) is 0 Å². The van der Waals surface area contributed by atoms with Crippen LogP contribution in [0.25, 0.3) is 0 Å². The van der Waals surface area contributed by atoms with Crippen LogP contribution in [0.3, 0.4) is 0 Å². The lowest BCUT2D eigenvalue weighted by Gasteiger charge is -2.21. The molecule has 17 nitrogen and oxygen atoms in total. The number of phosphoric ester groups is 2. The molecule has 0 spiro atoms. The van der Waals surface area contributed by atoms with Gasteiger partial charge in [0.15, 0.2) is 12.2 Å². The Morgan fingerprint density at radius 2 is 0.500 bits per heavy atom. The molecule has 546 valence electrons. The van der Waals surface area contributed by atoms with Gasteiger partial charge in [0.25, 0.3) is 0 Å². The average molecular weight is 1350 g/mol. The zero-order valence-electron chi connectivity index (χ0n) is 59.9. The molecule has 0 aromatic heterocycles. The topological polar surface area (TPSA) is 237 Å². The summed E-state index contributed by atoms with van der Waals surface area (Å²) in [5.41, 5.74) is 0. The molecule has 0 rings (SSSR count). The maximum absolute atomic E-state index is 13.1. The van der Waals surface area contributed by atoms with E-state index in [4.69, 9.17) is 37.0 Å². The fourth-order valence-electron chi connectivity index (χ4n) is 11.1. The molecule has 5 atom stereocenters. The molecule has 0 bridgehead atoms. The van der Waals surface area contributed by atoms with Crippen LogP contribution in [0.5, 0.6) is 0 Å². The van der Waals surface area contributed by atoms with Gasteiger partial charge in [0.1, 0.15) is 19.3 Å². The van der Waals surface area contributed by atoms with Crippen LogP contribution in [-0.4, -0.2) is 96.7 Å². The highest BCUT2D eigenvalue weighted by Gasteiger charge is 2.30. The van der Waals surface area contributed by atoms with Crippen molar-refractivity contribution < 1.29 is 80.2 Å². The number of aliphatic hydroxyl groups is 1. The predicted octanol–water partition coefficient (Wildman–Crippen LogP) is 21.2. The van der Waals surface area contributed by atoms with Gasteiger partial charge < -0.3 is 33.8 Å². The van der Waals surface area contributed by atoms with Crippen LogP contribution in [0.2, 0.25) is 0 Å². The molecule has 0 fully saturated rings. The molecule has 3 N–H and O–H groups in total. The highest BCUT2D eigenvalue weighted by molar-refractivity contribution is 7.47. The Labute approximate surface area is 562 Å². The van der Waals surface area contributed by atoms with Gasteiger partial charge in [-0.25, -0.2) is 9.13 Å². The molecule has 0 aromatic rings. The Morgan fingerprint density at radius 1 is 0.293 bits per heavy atom. The number of hydrogen-bond donors (Lipinski definition) is 3. The van der Waals surface area contributed by atoms with Crippen LogP contribution in [0.15, 0.2) is 0 Å². The summed E-state index contributed by atoms with van der Waals surface area (Å²) in [6, 6.07) is 0. The molecule has 0 aliphatic heterocycles. The summed E-state index contributed by atoms with van der Waals surface area (Å²) < 4.78 is 68.2. The molecule has 0 aromatic carbocycles. The predicted molar refractivity (Wildman–Crippen MR) is 372 cm³/mol. The van der Waals surface area contributed by atoms with E-state index in [2.05, 4.69) is 41.5 Å². The number of carbonyl (C=O) groups is 4. The van der Waals surface area contributed by atoms with E-state index in [1.807, 2.05) is 0 Å². The molecule has 19 heteroatoms. The van der Waals surface area contributed by atoms with Crippen molar-refractivity contribution >= 4 is 39.5 Å². The van der Waals surface area contributed by atoms with E-state index in [0.29, 0.717) is 25.7 Å². The Balaban J connectivity index is 5.13. The van der Waals surface area contributed by atoms with E-state index in [1.165, 1.54) is 173 Å². The fraction of sp³-hybridized carbons (Fsp3) is 0.945. The molecule has 0 amide bonds. The number of carbonyl (C=O) groups excluding carboxylic acids is 4. The smallest absolute Gasteiger partial charge is 0.462 e. The molecule has 0 saturated carbocycles. The molecule has 0 aliphatic rings. The van der Waals surface area contributed by atoms with Gasteiger partial charge in [-0.3, -0.25) is 37.3 Å². The first kappa shape index (κ1) is 90.1. The number of ether oxygens (including phenoxy) is 4. The van der Waals surface area contributed by atoms with Crippen LogP contribution in [0, 0.1) is 11.8 Å². The van der Waals surface area contributed by atoms with Crippen LogP contribution < -0.4 is 0 Å². The van der Waals surface area contributed by atoms with E-state index >= 15 is 0 Å². The second kappa shape index (κ2) is 65.0. The number of phosphoric acid groups is 2. The van der Waals surface area contributed by atoms with E-state index in [-0.39, 0.29) is 25.7 Å². The van der Waals surface area contributed by atoms with Crippen molar-refractivity contribution in [2.75, 3.05) is 39.6 Å². The first-order valence-electron chi connectivity index (χ1n) is 38.0. The van der Waals surface area contributed by atoms with Crippen LogP contribution >= 0.6 is 15.6 Å². The molecular weight excluding hydrogens is 1210 g/mol. The summed E-state index contributed by atoms with van der Waals surface area (Å²) in [6.45, 7) is 9.55. The van der Waals surface area contributed by atoms with Crippen molar-refractivity contribution in [2.45, 2.75) is 394 Å². The lowest BCUT2D eigenvalue weighted by Crippen LogP contribution is -2.30. The van der Waals surface area contributed by atoms with Gasteiger partial charge in [-0.2, -0.15) is 0 Å². The van der Waals surface area contributed by atoms with Crippen molar-refractivity contribution in [1.29, 1.82) is 0 Å². The Morgan fingerprint density at radius 3 is 0.739 bits per heavy atom. The van der Waals surface area contributed by atoms with Gasteiger partial charge in [0, 0.05) is 25.7 Å². The van der Waals surface area contributed by atoms with Gasteiger partial charge in [-0.05, 0) is 37.5 Å². The Hall–Kier alpha value is -1.94. The van der Waals surface area contributed by atoms with Crippen LogP contribution in [-0.2, 0) is 65.4 Å². The largest absolute Gasteiger partial charge is 0.472 e. The Kier molecular flexibility index (Phi) is 63.7. The molecule has 0 heterocycles. The molecule has 0 radical (unpaired) electrons. The maximum Gasteiger partial charge on any atom is 0.472 e. The molecule has 92 heavy (non-hydrogen) atoms. The lowest BCUT2D eigenvalue weighted by molar-refractivity contribution is -0.161. The highest BCUT2D eigenvalue weighted by atomic mass is 31.2. The van der Waals surface area contributed by atoms with E-state index in [9.17, 15) is 43.2 Å². The van der Waals surface area contributed by atoms with E-state index < -0.39 is 97.5 Å². The number of esters is 4. The number of hydrogen-bond acceptors (Lipinski definition) is 15. The second-order valence-electron chi connectivity index (χ2n) is 27.3. The first-order valence-corrected chi connectivity index (χ1v) is 41.0. The molecule has 0 saturated heterocycles. The summed E-state index contributed by atoms with van der Waals surface area (Å²) in [4.78, 5) is 72.4. The first-order chi connectivity index (χ1) is 44.4. The van der Waals surface area contributed by atoms with Gasteiger partial charge in [-0.1, -0.05) is 324 Å². The molecule has 2 unspecified atom stereocenters. The SMILES string of the molecule is CCCCCCCCCCC(=O)O[C@H](COC(=O)CCCCCCCCC)COP(=O)(O)OC[C@H](O)COP(=O)(O)OC[C@@H](COC(=O)CCCCCCCCCCCCCCCC(C)C)OC(=O)CCCCCCCCCCCCCCCCCCCCC(C)C. The average Bonchev–Trinajstić information content (AvgIpc) is 1.40. The molecular formula is C73H142O17P2. The third-order valence-corrected chi connectivity index (χ3v) is 18.9. The monoisotopic (exact) mass is 1350 g/mol. The zero-order valence-corrected chi connectivity index (χ0v) is 61.6. The highest BCUT2D eigenvalue weighted by Crippen LogP contribution is 2.45. The third kappa shape index (κ3) is 66.7. The summed E-state index contributed by atoms with van der Waals surface area (Å²) in [7, 11) is -9.89. The van der Waals surface area contributed by atoms with Gasteiger partial charge in [0.05, 0.1) is 26.4 Å². The third-order valence-electron chi connectivity index (χ3n) is 17.0. The minimum Gasteiger partial charge on any atom is -0.462 e.